The molecule has 1 aromatic rings. The Hall–Kier alpha value is -0.610. The van der Waals surface area contributed by atoms with E-state index in [2.05, 4.69) is 34.0 Å². The van der Waals surface area contributed by atoms with Gasteiger partial charge in [-0.1, -0.05) is 6.92 Å². The van der Waals surface area contributed by atoms with Crippen LogP contribution in [0.5, 0.6) is 0 Å². The van der Waals surface area contributed by atoms with E-state index in [0.717, 1.165) is 2.88 Å². The van der Waals surface area contributed by atoms with E-state index in [-0.39, 0.29) is 5.91 Å². The van der Waals surface area contributed by atoms with E-state index in [1.165, 1.54) is 11.3 Å². The second-order valence-electron chi connectivity index (χ2n) is 3.39. The maximum atomic E-state index is 11.7. The van der Waals surface area contributed by atoms with Gasteiger partial charge in [0.05, 0.1) is 14.5 Å². The van der Waals surface area contributed by atoms with Gasteiger partial charge in [0, 0.05) is 5.38 Å². The van der Waals surface area contributed by atoms with E-state index < -0.39 is 5.54 Å². The zero-order valence-corrected chi connectivity index (χ0v) is 11.5. The second kappa shape index (κ2) is 4.94. The van der Waals surface area contributed by atoms with Crippen molar-refractivity contribution in [2.75, 3.05) is 0 Å². The highest BCUT2D eigenvalue weighted by molar-refractivity contribution is 14.1. The lowest BCUT2D eigenvalue weighted by Gasteiger charge is -2.20. The Morgan fingerprint density at radius 3 is 2.87 bits per heavy atom. The Bertz CT molecular complexity index is 410. The van der Waals surface area contributed by atoms with Gasteiger partial charge in [0.2, 0.25) is 0 Å². The maximum Gasteiger partial charge on any atom is 0.253 e. The second-order valence-corrected chi connectivity index (χ2v) is 6.20. The summed E-state index contributed by atoms with van der Waals surface area (Å²) >= 11 is 3.68. The van der Waals surface area contributed by atoms with E-state index in [1.54, 1.807) is 12.3 Å². The monoisotopic (exact) mass is 334 g/mol. The molecule has 1 unspecified atom stereocenters. The summed E-state index contributed by atoms with van der Waals surface area (Å²) in [5.41, 5.74) is -0.149. The number of carbonyl (C=O) groups is 1. The normalized spacial score (nSPS) is 14.0. The zero-order valence-electron chi connectivity index (χ0n) is 8.50. The van der Waals surface area contributed by atoms with Crippen LogP contribution in [0.4, 0.5) is 0 Å². The molecule has 1 heterocycles. The third-order valence-electron chi connectivity index (χ3n) is 2.17. The number of nitrogens with zero attached hydrogens (tertiary/aromatic N) is 1. The van der Waals surface area contributed by atoms with E-state index >= 15 is 0 Å². The number of amides is 1. The van der Waals surface area contributed by atoms with E-state index in [4.69, 9.17) is 5.26 Å². The lowest BCUT2D eigenvalue weighted by Crippen LogP contribution is -2.44. The van der Waals surface area contributed by atoms with Gasteiger partial charge in [-0.15, -0.1) is 11.3 Å². The number of nitrogens with one attached hydrogen (secondary N) is 1. The molecule has 0 aliphatic heterocycles. The molecule has 0 aromatic carbocycles. The van der Waals surface area contributed by atoms with Gasteiger partial charge in [-0.25, -0.2) is 0 Å². The standard InChI is InChI=1S/C10H11IN2OS/c1-3-10(2,6-12)13-9(14)7-4-8(11)15-5-7/h4-5H,3H2,1-2H3,(H,13,14). The molecule has 80 valence electrons. The summed E-state index contributed by atoms with van der Waals surface area (Å²) in [4.78, 5) is 11.7. The number of rotatable bonds is 3. The van der Waals surface area contributed by atoms with Crippen LogP contribution in [-0.4, -0.2) is 11.4 Å². The first-order valence-electron chi connectivity index (χ1n) is 4.48. The highest BCUT2D eigenvalue weighted by Gasteiger charge is 2.24. The lowest BCUT2D eigenvalue weighted by molar-refractivity contribution is 0.0923. The fourth-order valence-corrected chi connectivity index (χ4v) is 2.27. The summed E-state index contributed by atoms with van der Waals surface area (Å²) in [7, 11) is 0. The summed E-state index contributed by atoms with van der Waals surface area (Å²) in [5, 5.41) is 13.4. The zero-order chi connectivity index (χ0) is 11.5. The Morgan fingerprint density at radius 1 is 1.80 bits per heavy atom. The third kappa shape index (κ3) is 3.18. The molecule has 1 amide bonds. The minimum absolute atomic E-state index is 0.180. The molecule has 0 fully saturated rings. The van der Waals surface area contributed by atoms with Gasteiger partial charge in [-0.2, -0.15) is 5.26 Å². The van der Waals surface area contributed by atoms with Gasteiger partial charge in [0.15, 0.2) is 0 Å². The van der Waals surface area contributed by atoms with Crippen molar-refractivity contribution in [1.82, 2.24) is 5.32 Å². The van der Waals surface area contributed by atoms with Gasteiger partial charge >= 0.3 is 0 Å². The van der Waals surface area contributed by atoms with Crippen molar-refractivity contribution in [1.29, 1.82) is 5.26 Å². The van der Waals surface area contributed by atoms with Crippen LogP contribution in [0.25, 0.3) is 0 Å². The van der Waals surface area contributed by atoms with Crippen LogP contribution < -0.4 is 5.32 Å². The minimum Gasteiger partial charge on any atom is -0.334 e. The molecule has 0 saturated carbocycles. The molecular formula is C10H11IN2OS. The smallest absolute Gasteiger partial charge is 0.253 e. The molecule has 0 saturated heterocycles. The summed E-state index contributed by atoms with van der Waals surface area (Å²) < 4.78 is 1.06. The molecule has 1 atom stereocenters. The summed E-state index contributed by atoms with van der Waals surface area (Å²) in [6.07, 6.45) is 0.594. The molecule has 15 heavy (non-hydrogen) atoms. The Balaban J connectivity index is 2.76. The SMILES string of the molecule is CCC(C)(C#N)NC(=O)c1csc(I)c1. The topological polar surface area (TPSA) is 52.9 Å². The molecule has 0 spiro atoms. The molecule has 5 heteroatoms. The van der Waals surface area contributed by atoms with E-state index in [9.17, 15) is 4.79 Å². The van der Waals surface area contributed by atoms with Gasteiger partial charge in [0.25, 0.3) is 5.91 Å². The molecule has 0 aliphatic rings. The fourth-order valence-electron chi connectivity index (χ4n) is 0.947. The number of carbonyl (C=O) groups excluding carboxylic acids is 1. The first-order valence-corrected chi connectivity index (χ1v) is 6.44. The van der Waals surface area contributed by atoms with Crippen LogP contribution in [0.2, 0.25) is 0 Å². The molecule has 0 bridgehead atoms. The fraction of sp³-hybridized carbons (Fsp3) is 0.400. The van der Waals surface area contributed by atoms with Crippen LogP contribution in [0.3, 0.4) is 0 Å². The quantitative estimate of drug-likeness (QED) is 0.865. The van der Waals surface area contributed by atoms with Gasteiger partial charge < -0.3 is 5.32 Å². The van der Waals surface area contributed by atoms with Crippen LogP contribution >= 0.6 is 33.9 Å². The average molecular weight is 334 g/mol. The van der Waals surface area contributed by atoms with E-state index in [1.807, 2.05) is 13.0 Å². The van der Waals surface area contributed by atoms with Crippen molar-refractivity contribution in [3.8, 4) is 6.07 Å². The van der Waals surface area contributed by atoms with Crippen LogP contribution in [0.1, 0.15) is 30.6 Å². The summed E-state index contributed by atoms with van der Waals surface area (Å²) in [6, 6.07) is 3.92. The number of hydrogen-bond donors (Lipinski definition) is 1. The number of thiophene rings is 1. The molecular weight excluding hydrogens is 323 g/mol. The molecule has 3 nitrogen and oxygen atoms in total. The predicted molar refractivity (Wildman–Crippen MR) is 68.8 cm³/mol. The lowest BCUT2D eigenvalue weighted by atomic mass is 10.0. The predicted octanol–water partition coefficient (Wildman–Crippen LogP) is 2.77. The van der Waals surface area contributed by atoms with E-state index in [0.29, 0.717) is 12.0 Å². The molecule has 0 radical (unpaired) electrons. The summed E-state index contributed by atoms with van der Waals surface area (Å²) in [5.74, 6) is -0.180. The van der Waals surface area contributed by atoms with Crippen molar-refractivity contribution >= 4 is 39.8 Å². The Labute approximate surface area is 107 Å². The molecule has 0 aliphatic carbocycles. The largest absolute Gasteiger partial charge is 0.334 e. The Morgan fingerprint density at radius 2 is 2.47 bits per heavy atom. The molecule has 1 aromatic heterocycles. The van der Waals surface area contributed by atoms with Crippen molar-refractivity contribution in [2.24, 2.45) is 0 Å². The molecule has 1 N–H and O–H groups in total. The van der Waals surface area contributed by atoms with Gasteiger partial charge in [-0.3, -0.25) is 4.79 Å². The first kappa shape index (κ1) is 12.5. The minimum atomic E-state index is -0.773. The van der Waals surface area contributed by atoms with Crippen molar-refractivity contribution in [3.63, 3.8) is 0 Å². The Kier molecular flexibility index (Phi) is 4.11. The number of hydrogen-bond acceptors (Lipinski definition) is 3. The molecule has 1 rings (SSSR count). The highest BCUT2D eigenvalue weighted by atomic mass is 127. The van der Waals surface area contributed by atoms with Crippen LogP contribution in [-0.2, 0) is 0 Å². The van der Waals surface area contributed by atoms with Crippen molar-refractivity contribution < 1.29 is 4.79 Å². The van der Waals surface area contributed by atoms with Crippen LogP contribution in [0.15, 0.2) is 11.4 Å². The first-order chi connectivity index (χ1) is 7.00. The highest BCUT2D eigenvalue weighted by Crippen LogP contribution is 2.17. The maximum absolute atomic E-state index is 11.7. The van der Waals surface area contributed by atoms with Crippen molar-refractivity contribution in [3.05, 3.63) is 19.9 Å². The number of nitriles is 1. The van der Waals surface area contributed by atoms with Crippen LogP contribution in [0, 0.1) is 14.2 Å². The number of halogens is 1. The average Bonchev–Trinajstić information content (AvgIpc) is 2.65. The van der Waals surface area contributed by atoms with Gasteiger partial charge in [-0.05, 0) is 42.0 Å². The van der Waals surface area contributed by atoms with Gasteiger partial charge in [0.1, 0.15) is 5.54 Å². The van der Waals surface area contributed by atoms with Crippen molar-refractivity contribution in [2.45, 2.75) is 25.8 Å². The third-order valence-corrected chi connectivity index (χ3v) is 3.96. The summed E-state index contributed by atoms with van der Waals surface area (Å²) in [6.45, 7) is 3.60.